The van der Waals surface area contributed by atoms with Crippen molar-refractivity contribution in [3.8, 4) is 5.75 Å². The molecule has 7 nitrogen and oxygen atoms in total. The average molecular weight is 576 g/mol. The largest absolute Gasteiger partial charge is 0.490 e. The van der Waals surface area contributed by atoms with Gasteiger partial charge in [-0.2, -0.15) is 0 Å². The van der Waals surface area contributed by atoms with Crippen LogP contribution >= 0.6 is 33.9 Å². The van der Waals surface area contributed by atoms with Crippen LogP contribution in [0.15, 0.2) is 18.2 Å². The predicted octanol–water partition coefficient (Wildman–Crippen LogP) is 5.45. The summed E-state index contributed by atoms with van der Waals surface area (Å²) in [7, 11) is 2.84. The molecule has 0 atom stereocenters. The lowest BCUT2D eigenvalue weighted by Crippen LogP contribution is -2.34. The number of hydrogen-bond acceptors (Lipinski definition) is 7. The molecule has 0 radical (unpaired) electrons. The van der Waals surface area contributed by atoms with Crippen LogP contribution in [-0.4, -0.2) is 43.4 Å². The number of benzene rings is 1. The van der Waals surface area contributed by atoms with E-state index < -0.39 is 23.5 Å². The average Bonchev–Trinajstić information content (AvgIpc) is 3.34. The summed E-state index contributed by atoms with van der Waals surface area (Å²) in [6.07, 6.45) is 1.72. The number of methoxy groups -OCH3 is 1. The summed E-state index contributed by atoms with van der Waals surface area (Å²) < 4.78 is 31.0. The molecular weight excluding hydrogens is 550 g/mol. The van der Waals surface area contributed by atoms with Gasteiger partial charge >= 0.3 is 12.1 Å². The lowest BCUT2D eigenvalue weighted by Gasteiger charge is -2.23. The van der Waals surface area contributed by atoms with Gasteiger partial charge in [-0.15, -0.1) is 11.3 Å². The Kier molecular flexibility index (Phi) is 7.33. The summed E-state index contributed by atoms with van der Waals surface area (Å²) in [6, 6.07) is 4.83. The highest BCUT2D eigenvalue weighted by molar-refractivity contribution is 14.1. The number of carbonyl (C=O) groups is 2. The van der Waals surface area contributed by atoms with Gasteiger partial charge in [-0.3, -0.25) is 4.90 Å². The number of nitrogens with zero attached hydrogens (tertiary/aromatic N) is 2. The van der Waals surface area contributed by atoms with E-state index in [0.717, 1.165) is 16.4 Å². The lowest BCUT2D eigenvalue weighted by molar-refractivity contribution is 0.0575. The Balaban J connectivity index is 1.77. The maximum absolute atomic E-state index is 14.1. The van der Waals surface area contributed by atoms with Crippen molar-refractivity contribution < 1.29 is 28.2 Å². The molecule has 0 spiro atoms. The maximum Gasteiger partial charge on any atom is 0.416 e. The van der Waals surface area contributed by atoms with Gasteiger partial charge in [0, 0.05) is 20.9 Å². The molecule has 1 amide bonds. The Hall–Kier alpha value is -1.95. The number of aromatic nitrogens is 1. The standard InChI is InChI=1S/C22H26FIN2O5S/c1-21(2,3)31-20(28)26(4)19-25-17(18(27)29-5)16(32-19)11-22(8-9-22)12-30-15-7-6-13(24)10-14(15)23/h6-7,10H,8-9,11-12H2,1-5H3. The third-order valence-corrected chi connectivity index (χ3v) is 6.74. The minimum Gasteiger partial charge on any atom is -0.490 e. The first-order valence-corrected chi connectivity index (χ1v) is 12.0. The highest BCUT2D eigenvalue weighted by atomic mass is 127. The molecule has 1 aliphatic rings. The molecule has 32 heavy (non-hydrogen) atoms. The molecule has 1 aromatic heterocycles. The number of anilines is 1. The van der Waals surface area contributed by atoms with Crippen LogP contribution < -0.4 is 9.64 Å². The van der Waals surface area contributed by atoms with Crippen molar-refractivity contribution in [2.24, 2.45) is 5.41 Å². The molecule has 0 aliphatic heterocycles. The molecule has 0 saturated heterocycles. The Morgan fingerprint density at radius 2 is 2.00 bits per heavy atom. The van der Waals surface area contributed by atoms with E-state index in [-0.39, 0.29) is 16.9 Å². The lowest BCUT2D eigenvalue weighted by atomic mass is 10.0. The van der Waals surface area contributed by atoms with E-state index in [4.69, 9.17) is 14.2 Å². The molecule has 174 valence electrons. The maximum atomic E-state index is 14.1. The fourth-order valence-corrected chi connectivity index (χ4v) is 4.61. The van der Waals surface area contributed by atoms with Gasteiger partial charge in [-0.1, -0.05) is 0 Å². The van der Waals surface area contributed by atoms with Gasteiger partial charge < -0.3 is 14.2 Å². The van der Waals surface area contributed by atoms with Crippen molar-refractivity contribution >= 4 is 51.1 Å². The number of thiazole rings is 1. The minimum absolute atomic E-state index is 0.176. The van der Waals surface area contributed by atoms with Crippen molar-refractivity contribution in [2.75, 3.05) is 25.7 Å². The monoisotopic (exact) mass is 576 g/mol. The van der Waals surface area contributed by atoms with Crippen LogP contribution in [-0.2, 0) is 15.9 Å². The zero-order chi connectivity index (χ0) is 23.7. The number of rotatable bonds is 7. The van der Waals surface area contributed by atoms with Crippen LogP contribution in [0.1, 0.15) is 49.0 Å². The van der Waals surface area contributed by atoms with E-state index in [1.807, 2.05) is 22.6 Å². The molecule has 0 N–H and O–H groups in total. The molecule has 3 rings (SSSR count). The van der Waals surface area contributed by atoms with Crippen molar-refractivity contribution in [2.45, 2.75) is 45.6 Å². The quantitative estimate of drug-likeness (QED) is 0.323. The number of halogens is 2. The first-order chi connectivity index (χ1) is 14.9. The third kappa shape index (κ3) is 6.09. The van der Waals surface area contributed by atoms with Gasteiger partial charge in [0.2, 0.25) is 0 Å². The summed E-state index contributed by atoms with van der Waals surface area (Å²) in [5, 5.41) is 0.343. The topological polar surface area (TPSA) is 78.0 Å². The van der Waals surface area contributed by atoms with Gasteiger partial charge in [-0.25, -0.2) is 19.0 Å². The second-order valence-corrected chi connectivity index (χ2v) is 11.1. The molecule has 2 aromatic rings. The smallest absolute Gasteiger partial charge is 0.416 e. The van der Waals surface area contributed by atoms with E-state index in [2.05, 4.69) is 4.98 Å². The molecule has 0 unspecified atom stereocenters. The Morgan fingerprint density at radius 1 is 1.31 bits per heavy atom. The van der Waals surface area contributed by atoms with E-state index in [1.165, 1.54) is 29.4 Å². The van der Waals surface area contributed by atoms with E-state index >= 15 is 0 Å². The van der Waals surface area contributed by atoms with Gasteiger partial charge in [0.05, 0.1) is 13.7 Å². The summed E-state index contributed by atoms with van der Waals surface area (Å²) in [4.78, 5) is 31.1. The molecule has 1 fully saturated rings. The number of ether oxygens (including phenoxy) is 3. The highest BCUT2D eigenvalue weighted by Gasteiger charge is 2.45. The fraction of sp³-hybridized carbons (Fsp3) is 0.500. The van der Waals surface area contributed by atoms with Crippen LogP contribution in [0.25, 0.3) is 0 Å². The summed E-state index contributed by atoms with van der Waals surface area (Å²) in [5.41, 5.74) is -0.696. The predicted molar refractivity (Wildman–Crippen MR) is 128 cm³/mol. The molecule has 1 aliphatic carbocycles. The van der Waals surface area contributed by atoms with Crippen LogP contribution in [0.4, 0.5) is 14.3 Å². The SMILES string of the molecule is COC(=O)c1nc(N(C)C(=O)OC(C)(C)C)sc1CC1(COc2ccc(I)cc2F)CC1. The Bertz CT molecular complexity index is 1020. The number of hydrogen-bond donors (Lipinski definition) is 0. The van der Waals surface area contributed by atoms with Crippen molar-refractivity contribution in [3.63, 3.8) is 0 Å². The van der Waals surface area contributed by atoms with Gasteiger partial charge in [0.1, 0.15) is 5.60 Å². The molecule has 0 bridgehead atoms. The van der Waals surface area contributed by atoms with Crippen LogP contribution in [0, 0.1) is 14.8 Å². The van der Waals surface area contributed by atoms with Crippen LogP contribution in [0.5, 0.6) is 5.75 Å². The summed E-state index contributed by atoms with van der Waals surface area (Å²) >= 11 is 3.29. The fourth-order valence-electron chi connectivity index (χ4n) is 2.98. The zero-order valence-corrected chi connectivity index (χ0v) is 21.6. The number of esters is 1. The first-order valence-electron chi connectivity index (χ1n) is 10.1. The molecule has 1 aromatic carbocycles. The summed E-state index contributed by atoms with van der Waals surface area (Å²) in [5.74, 6) is -0.762. The number of amides is 1. The Morgan fingerprint density at radius 3 is 2.56 bits per heavy atom. The zero-order valence-electron chi connectivity index (χ0n) is 18.7. The summed E-state index contributed by atoms with van der Waals surface area (Å²) in [6.45, 7) is 5.65. The van der Waals surface area contributed by atoms with Crippen molar-refractivity contribution in [1.82, 2.24) is 4.98 Å². The second-order valence-electron chi connectivity index (χ2n) is 8.84. The molecule has 1 heterocycles. The number of carbonyl (C=O) groups excluding carboxylic acids is 2. The van der Waals surface area contributed by atoms with Crippen LogP contribution in [0.2, 0.25) is 0 Å². The van der Waals surface area contributed by atoms with Gasteiger partial charge in [0.25, 0.3) is 0 Å². The second kappa shape index (κ2) is 9.50. The highest BCUT2D eigenvalue weighted by Crippen LogP contribution is 2.50. The molecular formula is C22H26FIN2O5S. The van der Waals surface area contributed by atoms with Gasteiger partial charge in [0.15, 0.2) is 22.4 Å². The normalized spacial score (nSPS) is 14.6. The van der Waals surface area contributed by atoms with Crippen molar-refractivity contribution in [1.29, 1.82) is 0 Å². The van der Waals surface area contributed by atoms with Crippen molar-refractivity contribution in [3.05, 3.63) is 38.2 Å². The van der Waals surface area contributed by atoms with E-state index in [0.29, 0.717) is 23.0 Å². The first kappa shape index (κ1) is 24.7. The Labute approximate surface area is 204 Å². The molecule has 1 saturated carbocycles. The third-order valence-electron chi connectivity index (χ3n) is 4.94. The van der Waals surface area contributed by atoms with Crippen LogP contribution in [0.3, 0.4) is 0 Å². The van der Waals surface area contributed by atoms with E-state index in [9.17, 15) is 14.0 Å². The van der Waals surface area contributed by atoms with Gasteiger partial charge in [-0.05, 0) is 80.8 Å². The molecule has 10 heteroatoms. The van der Waals surface area contributed by atoms with E-state index in [1.54, 1.807) is 40.0 Å². The minimum atomic E-state index is -0.656.